The minimum atomic E-state index is -1.17. The molecule has 168 valence electrons. The van der Waals surface area contributed by atoms with Crippen LogP contribution < -0.4 is 0 Å². The van der Waals surface area contributed by atoms with E-state index in [9.17, 15) is 20.0 Å². The highest BCUT2D eigenvalue weighted by Crippen LogP contribution is 2.30. The van der Waals surface area contributed by atoms with Gasteiger partial charge in [-0.3, -0.25) is 14.9 Å². The normalized spacial score (nSPS) is 12.9. The van der Waals surface area contributed by atoms with E-state index >= 15 is 0 Å². The van der Waals surface area contributed by atoms with E-state index in [-0.39, 0.29) is 31.0 Å². The van der Waals surface area contributed by atoms with Crippen molar-refractivity contribution in [1.82, 2.24) is 4.98 Å². The Balaban J connectivity index is 1.52. The first-order chi connectivity index (χ1) is 16.0. The number of hydrogen-bond donors (Lipinski definition) is 1. The summed E-state index contributed by atoms with van der Waals surface area (Å²) in [6, 6.07) is 22.5. The van der Waals surface area contributed by atoms with Crippen LogP contribution in [0.1, 0.15) is 29.5 Å². The van der Waals surface area contributed by atoms with Crippen LogP contribution in [0.3, 0.4) is 0 Å². The Morgan fingerprint density at radius 3 is 2.39 bits per heavy atom. The third kappa shape index (κ3) is 5.61. The smallest absolute Gasteiger partial charge is 0.306 e. The van der Waals surface area contributed by atoms with Gasteiger partial charge in [-0.1, -0.05) is 54.6 Å². The molecule has 4 aromatic rings. The quantitative estimate of drug-likeness (QED) is 0.224. The minimum absolute atomic E-state index is 0.0305. The number of hydrogen-bond acceptors (Lipinski definition) is 7. The van der Waals surface area contributed by atoms with Crippen LogP contribution >= 0.6 is 0 Å². The van der Waals surface area contributed by atoms with Crippen LogP contribution in [-0.2, 0) is 22.6 Å². The molecule has 3 aromatic carbocycles. The molecule has 0 saturated heterocycles. The lowest BCUT2D eigenvalue weighted by molar-refractivity contribution is -0.384. The van der Waals surface area contributed by atoms with E-state index in [1.807, 2.05) is 36.4 Å². The number of carbonyl (C=O) groups excluding carboxylic acids is 1. The molecular weight excluding hydrogens is 424 g/mol. The van der Waals surface area contributed by atoms with E-state index in [2.05, 4.69) is 4.98 Å². The third-order valence-corrected chi connectivity index (χ3v) is 5.33. The van der Waals surface area contributed by atoms with E-state index in [0.29, 0.717) is 11.1 Å². The van der Waals surface area contributed by atoms with Gasteiger partial charge < -0.3 is 14.3 Å². The van der Waals surface area contributed by atoms with Gasteiger partial charge in [-0.15, -0.1) is 0 Å². The summed E-state index contributed by atoms with van der Waals surface area (Å²) in [7, 11) is 0. The molecule has 0 saturated carbocycles. The molecule has 0 radical (unpaired) electrons. The predicted molar refractivity (Wildman–Crippen MR) is 120 cm³/mol. The standard InChI is InChI=1S/C25H22N2O6/c28-23(32-16-18-6-2-1-3-7-18)15-19(14-17-10-12-20(13-11-17)27(30)31)24(29)25-26-21-8-4-5-9-22(21)33-25/h1-13,19,24,29H,14-16H2/t19-,24?/m1/s1. The number of ether oxygens (including phenoxy) is 1. The van der Waals surface area contributed by atoms with E-state index in [1.54, 1.807) is 30.3 Å². The highest BCUT2D eigenvalue weighted by Gasteiger charge is 2.29. The number of nitro groups is 1. The summed E-state index contributed by atoms with van der Waals surface area (Å²) >= 11 is 0. The Kier molecular flexibility index (Phi) is 6.75. The van der Waals surface area contributed by atoms with Gasteiger partial charge in [0.15, 0.2) is 5.58 Å². The Morgan fingerprint density at radius 1 is 1.00 bits per heavy atom. The molecule has 4 rings (SSSR count). The number of nitro benzene ring substituents is 1. The second-order valence-corrected chi connectivity index (χ2v) is 7.70. The van der Waals surface area contributed by atoms with Gasteiger partial charge in [0.25, 0.3) is 5.69 Å². The van der Waals surface area contributed by atoms with Gasteiger partial charge >= 0.3 is 5.97 Å². The number of aliphatic hydroxyl groups excluding tert-OH is 1. The zero-order valence-corrected chi connectivity index (χ0v) is 17.7. The van der Waals surface area contributed by atoms with Gasteiger partial charge in [0, 0.05) is 18.1 Å². The van der Waals surface area contributed by atoms with E-state index in [4.69, 9.17) is 9.15 Å². The fourth-order valence-electron chi connectivity index (χ4n) is 3.58. The summed E-state index contributed by atoms with van der Waals surface area (Å²) in [4.78, 5) is 27.4. The van der Waals surface area contributed by atoms with Crippen molar-refractivity contribution in [3.05, 3.63) is 106 Å². The Bertz CT molecular complexity index is 1200. The molecule has 0 fully saturated rings. The summed E-state index contributed by atoms with van der Waals surface area (Å²) in [5.41, 5.74) is 2.70. The van der Waals surface area contributed by atoms with Gasteiger partial charge in [0.2, 0.25) is 5.89 Å². The van der Waals surface area contributed by atoms with Gasteiger partial charge in [0.05, 0.1) is 11.3 Å². The molecule has 2 atom stereocenters. The van der Waals surface area contributed by atoms with Crippen molar-refractivity contribution in [3.8, 4) is 0 Å². The fourth-order valence-corrected chi connectivity index (χ4v) is 3.58. The molecule has 0 aliphatic heterocycles. The van der Waals surface area contributed by atoms with Crippen LogP contribution in [0.2, 0.25) is 0 Å². The minimum Gasteiger partial charge on any atom is -0.461 e. The van der Waals surface area contributed by atoms with Crippen LogP contribution in [0.4, 0.5) is 5.69 Å². The molecule has 1 N–H and O–H groups in total. The van der Waals surface area contributed by atoms with E-state index in [0.717, 1.165) is 11.1 Å². The van der Waals surface area contributed by atoms with Crippen LogP contribution in [0.5, 0.6) is 0 Å². The number of para-hydroxylation sites is 2. The van der Waals surface area contributed by atoms with Crippen molar-refractivity contribution in [2.75, 3.05) is 0 Å². The zero-order valence-electron chi connectivity index (χ0n) is 17.7. The molecule has 33 heavy (non-hydrogen) atoms. The second-order valence-electron chi connectivity index (χ2n) is 7.70. The highest BCUT2D eigenvalue weighted by molar-refractivity contribution is 5.72. The lowest BCUT2D eigenvalue weighted by atomic mass is 9.90. The Hall–Kier alpha value is -4.04. The highest BCUT2D eigenvalue weighted by atomic mass is 16.6. The fraction of sp³-hybridized carbons (Fsp3) is 0.200. The number of fused-ring (bicyclic) bond motifs is 1. The maximum Gasteiger partial charge on any atom is 0.306 e. The molecule has 0 spiro atoms. The number of benzene rings is 3. The molecule has 0 amide bonds. The van der Waals surface area contributed by atoms with Crippen LogP contribution in [0.15, 0.2) is 83.3 Å². The molecule has 1 heterocycles. The van der Waals surface area contributed by atoms with Crippen molar-refractivity contribution < 1.29 is 24.0 Å². The number of esters is 1. The monoisotopic (exact) mass is 446 g/mol. The lowest BCUT2D eigenvalue weighted by Gasteiger charge is -2.20. The number of carbonyl (C=O) groups is 1. The molecule has 0 aliphatic rings. The molecular formula is C25H22N2O6. The largest absolute Gasteiger partial charge is 0.461 e. The summed E-state index contributed by atoms with van der Waals surface area (Å²) in [6.45, 7) is 0.128. The predicted octanol–water partition coefficient (Wildman–Crippen LogP) is 4.76. The van der Waals surface area contributed by atoms with Crippen LogP contribution in [0.25, 0.3) is 11.1 Å². The Morgan fingerprint density at radius 2 is 1.70 bits per heavy atom. The van der Waals surface area contributed by atoms with Crippen LogP contribution in [0, 0.1) is 16.0 Å². The molecule has 1 aromatic heterocycles. The first-order valence-electron chi connectivity index (χ1n) is 10.5. The molecule has 8 nitrogen and oxygen atoms in total. The first kappa shape index (κ1) is 22.2. The molecule has 0 aliphatic carbocycles. The number of non-ortho nitro benzene ring substituents is 1. The van der Waals surface area contributed by atoms with Gasteiger partial charge in [-0.2, -0.15) is 0 Å². The van der Waals surface area contributed by atoms with Crippen molar-refractivity contribution in [2.45, 2.75) is 25.6 Å². The third-order valence-electron chi connectivity index (χ3n) is 5.33. The number of rotatable bonds is 9. The average Bonchev–Trinajstić information content (AvgIpc) is 3.27. The van der Waals surface area contributed by atoms with Crippen molar-refractivity contribution in [1.29, 1.82) is 0 Å². The summed E-state index contributed by atoms with van der Waals surface area (Å²) in [5, 5.41) is 22.0. The maximum atomic E-state index is 12.6. The van der Waals surface area contributed by atoms with Gasteiger partial charge in [-0.25, -0.2) is 4.98 Å². The first-order valence-corrected chi connectivity index (χ1v) is 10.5. The maximum absolute atomic E-state index is 12.6. The number of aliphatic hydroxyl groups is 1. The molecule has 8 heteroatoms. The van der Waals surface area contributed by atoms with Crippen molar-refractivity contribution in [2.24, 2.45) is 5.92 Å². The zero-order chi connectivity index (χ0) is 23.2. The van der Waals surface area contributed by atoms with E-state index < -0.39 is 22.9 Å². The average molecular weight is 446 g/mol. The molecule has 0 bridgehead atoms. The SMILES string of the molecule is O=C(C[C@@H](Cc1ccc([N+](=O)[O-])cc1)C(O)c1nc2ccccc2o1)OCc1ccccc1. The number of aromatic nitrogens is 1. The number of oxazole rings is 1. The summed E-state index contributed by atoms with van der Waals surface area (Å²) in [5.74, 6) is -0.970. The lowest BCUT2D eigenvalue weighted by Crippen LogP contribution is -2.21. The molecule has 1 unspecified atom stereocenters. The van der Waals surface area contributed by atoms with Crippen molar-refractivity contribution in [3.63, 3.8) is 0 Å². The second kappa shape index (κ2) is 10.1. The Labute approximate surface area is 189 Å². The van der Waals surface area contributed by atoms with E-state index in [1.165, 1.54) is 12.1 Å². The van der Waals surface area contributed by atoms with Crippen molar-refractivity contribution >= 4 is 22.8 Å². The van der Waals surface area contributed by atoms with Crippen LogP contribution in [-0.4, -0.2) is 21.0 Å². The van der Waals surface area contributed by atoms with Gasteiger partial charge in [-0.05, 0) is 29.7 Å². The van der Waals surface area contributed by atoms with Gasteiger partial charge in [0.1, 0.15) is 18.2 Å². The summed E-state index contributed by atoms with van der Waals surface area (Å²) < 4.78 is 11.1. The topological polar surface area (TPSA) is 116 Å². The summed E-state index contributed by atoms with van der Waals surface area (Å²) in [6.07, 6.45) is -0.973. The number of nitrogens with zero attached hydrogens (tertiary/aromatic N) is 2.